The van der Waals surface area contributed by atoms with Crippen LogP contribution < -0.4 is 9.46 Å². The number of aromatic nitrogens is 3. The molecule has 0 bridgehead atoms. The Balaban J connectivity index is 1.35. The molecule has 2 aromatic heterocycles. The summed E-state index contributed by atoms with van der Waals surface area (Å²) >= 11 is 3.49. The summed E-state index contributed by atoms with van der Waals surface area (Å²) in [5.41, 5.74) is 2.61. The van der Waals surface area contributed by atoms with E-state index in [1.165, 1.54) is 42.6 Å². The quantitative estimate of drug-likeness (QED) is 0.144. The fourth-order valence-electron chi connectivity index (χ4n) is 5.34. The molecule has 0 radical (unpaired) electrons. The van der Waals surface area contributed by atoms with Crippen LogP contribution in [0.1, 0.15) is 49.2 Å². The van der Waals surface area contributed by atoms with Crippen LogP contribution in [0.3, 0.4) is 0 Å². The first-order valence-electron chi connectivity index (χ1n) is 15.4. The van der Waals surface area contributed by atoms with Crippen molar-refractivity contribution in [2.45, 2.75) is 43.4 Å². The lowest BCUT2D eigenvalue weighted by Gasteiger charge is -2.24. The van der Waals surface area contributed by atoms with Crippen LogP contribution in [0, 0.1) is 18.6 Å². The van der Waals surface area contributed by atoms with Gasteiger partial charge in [-0.1, -0.05) is 58.4 Å². The van der Waals surface area contributed by atoms with Gasteiger partial charge in [-0.05, 0) is 81.8 Å². The lowest BCUT2D eigenvalue weighted by atomic mass is 10.1. The number of aryl methyl sites for hydroxylation is 1. The first-order valence-corrected chi connectivity index (χ1v) is 18.8. The van der Waals surface area contributed by atoms with Crippen molar-refractivity contribution in [3.05, 3.63) is 136 Å². The van der Waals surface area contributed by atoms with Crippen molar-refractivity contribution in [3.63, 3.8) is 0 Å². The normalized spacial score (nSPS) is 13.3. The maximum absolute atomic E-state index is 15.8. The fraction of sp³-hybridized carbons (Fsp3) is 0.162. The minimum atomic E-state index is -4.03. The summed E-state index contributed by atoms with van der Waals surface area (Å²) in [7, 11) is -5.49. The molecule has 2 N–H and O–H groups in total. The van der Waals surface area contributed by atoms with Gasteiger partial charge in [0, 0.05) is 27.7 Å². The molecular formula is C37H33BrF2N4O4S2. The summed E-state index contributed by atoms with van der Waals surface area (Å²) in [6.07, 6.45) is 4.27. The second-order valence-electron chi connectivity index (χ2n) is 12.6. The molecule has 0 saturated heterocycles. The molecule has 0 amide bonds. The van der Waals surface area contributed by atoms with Gasteiger partial charge in [0.05, 0.1) is 49.6 Å². The number of ether oxygens (including phenoxy) is 1. The third-order valence-corrected chi connectivity index (χ3v) is 11.7. The summed E-state index contributed by atoms with van der Waals surface area (Å²) < 4.78 is 81.7. The number of nitrogens with zero attached hydrogens (tertiary/aromatic N) is 2. The average Bonchev–Trinajstić information content (AvgIpc) is 3.72. The number of fused-ring (bicyclic) bond motifs is 1. The number of nitrogens with one attached hydrogen (secondary N) is 2. The number of hydrogen-bond acceptors (Lipinski definition) is 5. The number of aromatic amines is 1. The van der Waals surface area contributed by atoms with Crippen LogP contribution in [0.2, 0.25) is 0 Å². The van der Waals surface area contributed by atoms with Crippen molar-refractivity contribution in [2.24, 2.45) is 0 Å². The van der Waals surface area contributed by atoms with E-state index in [0.29, 0.717) is 11.1 Å². The molecule has 50 heavy (non-hydrogen) atoms. The van der Waals surface area contributed by atoms with Crippen molar-refractivity contribution in [3.8, 4) is 22.9 Å². The van der Waals surface area contributed by atoms with E-state index < -0.39 is 43.4 Å². The maximum atomic E-state index is 15.8. The van der Waals surface area contributed by atoms with Gasteiger partial charge in [-0.3, -0.25) is 0 Å². The van der Waals surface area contributed by atoms with Gasteiger partial charge in [-0.15, -0.1) is 0 Å². The number of H-pyrrole nitrogens is 1. The largest absolute Gasteiger partial charge is 0.454 e. The van der Waals surface area contributed by atoms with Gasteiger partial charge in [0.15, 0.2) is 11.6 Å². The van der Waals surface area contributed by atoms with E-state index in [-0.39, 0.29) is 38.9 Å². The Morgan fingerprint density at radius 1 is 1.04 bits per heavy atom. The highest BCUT2D eigenvalue weighted by molar-refractivity contribution is 9.10. The minimum absolute atomic E-state index is 0.0515. The molecule has 2 heterocycles. The van der Waals surface area contributed by atoms with E-state index in [0.717, 1.165) is 25.6 Å². The summed E-state index contributed by atoms with van der Waals surface area (Å²) in [4.78, 5) is 7.65. The molecule has 6 rings (SSSR count). The molecule has 258 valence electrons. The number of hydrogen-bond donors (Lipinski definition) is 2. The van der Waals surface area contributed by atoms with Crippen molar-refractivity contribution < 1.29 is 26.1 Å². The zero-order valence-corrected chi connectivity index (χ0v) is 30.7. The van der Waals surface area contributed by atoms with E-state index in [9.17, 15) is 12.6 Å². The molecule has 8 nitrogen and oxygen atoms in total. The SMILES string of the molecule is C=Cc1c(Oc2ccc(F)c(-c3ncc(C(NS(=O)C(C)(C)C)c4cccc(Br)c4)[nH]3)c2)c(F)cc2c1ccn2S(=O)(=O)c1ccc(C)cc1. The third-order valence-electron chi connectivity index (χ3n) is 7.97. The van der Waals surface area contributed by atoms with Gasteiger partial charge in [0.25, 0.3) is 10.0 Å². The zero-order chi connectivity index (χ0) is 36.0. The van der Waals surface area contributed by atoms with Crippen LogP contribution in [0.15, 0.2) is 107 Å². The Labute approximate surface area is 300 Å². The second-order valence-corrected chi connectivity index (χ2v) is 17.3. The molecule has 13 heteroatoms. The lowest BCUT2D eigenvalue weighted by Crippen LogP contribution is -2.36. The fourth-order valence-corrected chi connectivity index (χ4v) is 7.93. The highest BCUT2D eigenvalue weighted by Crippen LogP contribution is 2.38. The standard InChI is InChI=1S/C37H33BrF2N4O4S2/c1-6-27-28-16-17-44(50(46,47)26-13-10-22(2)11-14-26)33(28)20-31(40)35(27)48-25-12-15-30(39)29(19-25)36-41-21-32(42-36)34(43-49(45)37(3,4)5)23-8-7-9-24(38)18-23/h6-21,34,43H,1H2,2-5H3,(H,41,42). The summed E-state index contributed by atoms with van der Waals surface area (Å²) in [5.74, 6) is -1.39. The van der Waals surface area contributed by atoms with Crippen molar-refractivity contribution in [1.82, 2.24) is 18.7 Å². The van der Waals surface area contributed by atoms with Crippen LogP contribution >= 0.6 is 15.9 Å². The summed E-state index contributed by atoms with van der Waals surface area (Å²) in [5, 5.41) is 0.392. The Morgan fingerprint density at radius 3 is 2.46 bits per heavy atom. The molecule has 0 aliphatic heterocycles. The smallest absolute Gasteiger partial charge is 0.268 e. The Hall–Kier alpha value is -4.43. The zero-order valence-electron chi connectivity index (χ0n) is 27.5. The van der Waals surface area contributed by atoms with E-state index >= 15 is 8.78 Å². The summed E-state index contributed by atoms with van der Waals surface area (Å²) in [6.45, 7) is 11.2. The number of rotatable bonds is 10. The highest BCUT2D eigenvalue weighted by atomic mass is 79.9. The average molecular weight is 780 g/mol. The van der Waals surface area contributed by atoms with Gasteiger partial charge in [0.1, 0.15) is 17.4 Å². The van der Waals surface area contributed by atoms with E-state index in [4.69, 9.17) is 4.74 Å². The van der Waals surface area contributed by atoms with Crippen molar-refractivity contribution in [1.29, 1.82) is 0 Å². The molecule has 0 aliphatic rings. The molecule has 0 fully saturated rings. The van der Waals surface area contributed by atoms with Gasteiger partial charge < -0.3 is 9.72 Å². The van der Waals surface area contributed by atoms with Crippen molar-refractivity contribution >= 4 is 53.9 Å². The summed E-state index contributed by atoms with van der Waals surface area (Å²) in [6, 6.07) is 19.9. The lowest BCUT2D eigenvalue weighted by molar-refractivity contribution is 0.441. The van der Waals surface area contributed by atoms with Crippen LogP contribution in [0.25, 0.3) is 28.4 Å². The van der Waals surface area contributed by atoms with Crippen LogP contribution in [0.4, 0.5) is 8.78 Å². The van der Waals surface area contributed by atoms with E-state index in [1.54, 1.807) is 24.4 Å². The van der Waals surface area contributed by atoms with Gasteiger partial charge in [0.2, 0.25) is 0 Å². The molecule has 0 aliphatic carbocycles. The van der Waals surface area contributed by atoms with E-state index in [2.05, 4.69) is 37.2 Å². The molecule has 6 aromatic rings. The third kappa shape index (κ3) is 6.95. The van der Waals surface area contributed by atoms with Crippen LogP contribution in [-0.4, -0.2) is 31.3 Å². The monoisotopic (exact) mass is 778 g/mol. The van der Waals surface area contributed by atoms with Crippen LogP contribution in [0.5, 0.6) is 11.5 Å². The van der Waals surface area contributed by atoms with Crippen LogP contribution in [-0.2, 0) is 21.0 Å². The molecule has 2 atom stereocenters. The Kier molecular flexibility index (Phi) is 9.70. The molecule has 0 spiro atoms. The van der Waals surface area contributed by atoms with Gasteiger partial charge >= 0.3 is 0 Å². The van der Waals surface area contributed by atoms with Crippen molar-refractivity contribution in [2.75, 3.05) is 0 Å². The minimum Gasteiger partial charge on any atom is -0.454 e. The van der Waals surface area contributed by atoms with E-state index in [1.807, 2.05) is 52.0 Å². The highest BCUT2D eigenvalue weighted by Gasteiger charge is 2.27. The Morgan fingerprint density at radius 2 is 1.78 bits per heavy atom. The molecular weight excluding hydrogens is 746 g/mol. The topological polar surface area (TPSA) is 106 Å². The maximum Gasteiger partial charge on any atom is 0.268 e. The molecule has 2 unspecified atom stereocenters. The number of halogens is 3. The predicted molar refractivity (Wildman–Crippen MR) is 197 cm³/mol. The second kappa shape index (κ2) is 13.7. The van der Waals surface area contributed by atoms with Gasteiger partial charge in [-0.25, -0.2) is 35.1 Å². The van der Waals surface area contributed by atoms with Gasteiger partial charge in [-0.2, -0.15) is 0 Å². The first-order chi connectivity index (χ1) is 23.7. The first kappa shape index (κ1) is 35.4. The Bertz CT molecular complexity index is 2380. The number of imidazole rings is 1. The molecule has 4 aromatic carbocycles. The molecule has 0 saturated carbocycles. The predicted octanol–water partition coefficient (Wildman–Crippen LogP) is 9.19. The number of benzene rings is 4.